The third-order valence-corrected chi connectivity index (χ3v) is 5.23. The van der Waals surface area contributed by atoms with Crippen molar-refractivity contribution in [3.05, 3.63) is 83.2 Å². The van der Waals surface area contributed by atoms with Crippen molar-refractivity contribution in [2.24, 2.45) is 0 Å². The fourth-order valence-electron chi connectivity index (χ4n) is 2.93. The monoisotopic (exact) mass is 379 g/mol. The summed E-state index contributed by atoms with van der Waals surface area (Å²) in [5.41, 5.74) is 3.72. The van der Waals surface area contributed by atoms with E-state index in [-0.39, 0.29) is 11.7 Å². The second-order valence-corrected chi connectivity index (χ2v) is 7.11. The predicted molar refractivity (Wildman–Crippen MR) is 105 cm³/mol. The van der Waals surface area contributed by atoms with E-state index in [0.29, 0.717) is 13.0 Å². The van der Waals surface area contributed by atoms with Crippen LogP contribution in [0.15, 0.2) is 66.2 Å². The highest BCUT2D eigenvalue weighted by Crippen LogP contribution is 2.24. The van der Waals surface area contributed by atoms with Crippen LogP contribution in [0.5, 0.6) is 0 Å². The summed E-state index contributed by atoms with van der Waals surface area (Å²) < 4.78 is 15.0. The molecule has 0 aliphatic carbocycles. The van der Waals surface area contributed by atoms with Crippen LogP contribution in [0.2, 0.25) is 0 Å². The van der Waals surface area contributed by atoms with Gasteiger partial charge in [-0.2, -0.15) is 0 Å². The Balaban J connectivity index is 1.41. The molecule has 27 heavy (non-hydrogen) atoms. The second-order valence-electron chi connectivity index (χ2n) is 6.27. The Hall–Kier alpha value is -2.99. The molecule has 4 aromatic rings. The minimum Gasteiger partial charge on any atom is -0.355 e. The van der Waals surface area contributed by atoms with Gasteiger partial charge in [-0.05, 0) is 36.2 Å². The summed E-state index contributed by atoms with van der Waals surface area (Å²) in [6, 6.07) is 16.3. The molecule has 0 saturated carbocycles. The first-order chi connectivity index (χ1) is 13.2. The van der Waals surface area contributed by atoms with Gasteiger partial charge in [0.05, 0.1) is 12.1 Å². The maximum Gasteiger partial charge on any atom is 0.225 e. The van der Waals surface area contributed by atoms with E-state index in [9.17, 15) is 9.18 Å². The van der Waals surface area contributed by atoms with E-state index < -0.39 is 0 Å². The third kappa shape index (κ3) is 4.06. The van der Waals surface area contributed by atoms with E-state index in [0.717, 1.165) is 28.3 Å². The Morgan fingerprint density at radius 1 is 1.11 bits per heavy atom. The van der Waals surface area contributed by atoms with Crippen molar-refractivity contribution in [3.63, 3.8) is 0 Å². The van der Waals surface area contributed by atoms with Crippen LogP contribution in [0.25, 0.3) is 16.2 Å². The summed E-state index contributed by atoms with van der Waals surface area (Å²) in [4.78, 5) is 17.7. The molecule has 0 spiro atoms. The maximum atomic E-state index is 13.1. The number of benzene rings is 2. The lowest BCUT2D eigenvalue weighted by molar-refractivity contribution is -0.120. The molecule has 0 aliphatic heterocycles. The molecule has 1 N–H and O–H groups in total. The number of hydrogen-bond acceptors (Lipinski definition) is 3. The smallest absolute Gasteiger partial charge is 0.225 e. The molecule has 0 unspecified atom stereocenters. The second kappa shape index (κ2) is 7.72. The predicted octanol–water partition coefficient (Wildman–Crippen LogP) is 4.10. The number of imidazole rings is 1. The van der Waals surface area contributed by atoms with Gasteiger partial charge in [0, 0.05) is 29.4 Å². The van der Waals surface area contributed by atoms with Crippen molar-refractivity contribution in [2.75, 3.05) is 6.54 Å². The average Bonchev–Trinajstić information content (AvgIpc) is 3.25. The van der Waals surface area contributed by atoms with Crippen LogP contribution in [-0.2, 0) is 17.6 Å². The first-order valence-electron chi connectivity index (χ1n) is 8.71. The Labute approximate surface area is 160 Å². The molecular formula is C21H18FN3OS. The summed E-state index contributed by atoms with van der Waals surface area (Å²) in [5.74, 6) is -0.282. The number of thiazole rings is 1. The van der Waals surface area contributed by atoms with E-state index in [1.165, 1.54) is 29.0 Å². The number of rotatable bonds is 6. The van der Waals surface area contributed by atoms with Gasteiger partial charge >= 0.3 is 0 Å². The van der Waals surface area contributed by atoms with Crippen molar-refractivity contribution in [1.29, 1.82) is 0 Å². The molecule has 0 bridgehead atoms. The highest BCUT2D eigenvalue weighted by atomic mass is 32.1. The van der Waals surface area contributed by atoms with Gasteiger partial charge in [0.2, 0.25) is 5.91 Å². The zero-order valence-corrected chi connectivity index (χ0v) is 15.4. The SMILES string of the molecule is O=C(Cc1csc2nc(-c3ccc(F)cc3)cn12)NCCc1ccccc1. The van der Waals surface area contributed by atoms with Crippen LogP contribution < -0.4 is 5.32 Å². The van der Waals surface area contributed by atoms with Crippen LogP contribution in [0.4, 0.5) is 4.39 Å². The lowest BCUT2D eigenvalue weighted by Gasteiger charge is -2.05. The summed E-state index contributed by atoms with van der Waals surface area (Å²) in [6.45, 7) is 0.612. The molecule has 0 aliphatic rings. The molecule has 4 rings (SSSR count). The first-order valence-corrected chi connectivity index (χ1v) is 9.59. The number of nitrogens with one attached hydrogen (secondary N) is 1. The number of aromatic nitrogens is 2. The van der Waals surface area contributed by atoms with Crippen molar-refractivity contribution in [2.45, 2.75) is 12.8 Å². The molecule has 2 heterocycles. The topological polar surface area (TPSA) is 46.4 Å². The van der Waals surface area contributed by atoms with Gasteiger partial charge in [-0.1, -0.05) is 30.3 Å². The molecule has 0 atom stereocenters. The van der Waals surface area contributed by atoms with E-state index in [1.54, 1.807) is 12.1 Å². The molecule has 2 aromatic heterocycles. The molecular weight excluding hydrogens is 361 g/mol. The highest BCUT2D eigenvalue weighted by molar-refractivity contribution is 7.15. The zero-order valence-electron chi connectivity index (χ0n) is 14.6. The van der Waals surface area contributed by atoms with Crippen molar-refractivity contribution >= 4 is 22.2 Å². The minimum atomic E-state index is -0.271. The highest BCUT2D eigenvalue weighted by Gasteiger charge is 2.12. The largest absolute Gasteiger partial charge is 0.355 e. The number of carbonyl (C=O) groups is 1. The Kier molecular flexibility index (Phi) is 4.98. The van der Waals surface area contributed by atoms with E-state index in [1.807, 2.05) is 34.2 Å². The summed E-state index contributed by atoms with van der Waals surface area (Å²) in [5, 5.41) is 4.92. The van der Waals surface area contributed by atoms with Gasteiger partial charge in [0.15, 0.2) is 4.96 Å². The van der Waals surface area contributed by atoms with Gasteiger partial charge in [-0.25, -0.2) is 9.37 Å². The quantitative estimate of drug-likeness (QED) is 0.548. The first kappa shape index (κ1) is 17.4. The van der Waals surface area contributed by atoms with Crippen LogP contribution >= 0.6 is 11.3 Å². The van der Waals surface area contributed by atoms with Crippen LogP contribution in [-0.4, -0.2) is 21.8 Å². The lowest BCUT2D eigenvalue weighted by Crippen LogP contribution is -2.27. The molecule has 4 nitrogen and oxygen atoms in total. The molecule has 1 amide bonds. The van der Waals surface area contributed by atoms with Crippen molar-refractivity contribution in [1.82, 2.24) is 14.7 Å². The van der Waals surface area contributed by atoms with Gasteiger partial charge in [0.1, 0.15) is 5.82 Å². The number of amides is 1. The summed E-state index contributed by atoms with van der Waals surface area (Å²) in [6.07, 6.45) is 3.01. The Morgan fingerprint density at radius 3 is 2.67 bits per heavy atom. The normalized spacial score (nSPS) is 11.0. The molecule has 136 valence electrons. The Bertz CT molecular complexity index is 1050. The van der Waals surface area contributed by atoms with Crippen LogP contribution in [0.3, 0.4) is 0 Å². The number of fused-ring (bicyclic) bond motifs is 1. The van der Waals surface area contributed by atoms with Crippen molar-refractivity contribution in [3.8, 4) is 11.3 Å². The van der Waals surface area contributed by atoms with Gasteiger partial charge in [-0.3, -0.25) is 9.20 Å². The number of carbonyl (C=O) groups excluding carboxylic acids is 1. The molecule has 0 saturated heterocycles. The van der Waals surface area contributed by atoms with Crippen LogP contribution in [0, 0.1) is 5.82 Å². The minimum absolute atomic E-state index is 0.0114. The van der Waals surface area contributed by atoms with Gasteiger partial charge < -0.3 is 5.32 Å². The van der Waals surface area contributed by atoms with E-state index in [4.69, 9.17) is 0 Å². The average molecular weight is 379 g/mol. The number of hydrogen-bond donors (Lipinski definition) is 1. The standard InChI is InChI=1S/C21H18FN3OS/c22-17-8-6-16(7-9-17)19-13-25-18(14-27-21(25)24-19)12-20(26)23-11-10-15-4-2-1-3-5-15/h1-9,13-14H,10-12H2,(H,23,26). The fraction of sp³-hybridized carbons (Fsp3) is 0.143. The zero-order chi connectivity index (χ0) is 18.6. The van der Waals surface area contributed by atoms with Gasteiger partial charge in [-0.15, -0.1) is 11.3 Å². The molecule has 0 radical (unpaired) electrons. The number of nitrogens with zero attached hydrogens (tertiary/aromatic N) is 2. The summed E-state index contributed by atoms with van der Waals surface area (Å²) >= 11 is 1.49. The molecule has 6 heteroatoms. The number of halogens is 1. The Morgan fingerprint density at radius 2 is 1.89 bits per heavy atom. The molecule has 2 aromatic carbocycles. The van der Waals surface area contributed by atoms with Crippen LogP contribution in [0.1, 0.15) is 11.3 Å². The fourth-order valence-corrected chi connectivity index (χ4v) is 3.81. The lowest BCUT2D eigenvalue weighted by atomic mass is 10.1. The third-order valence-electron chi connectivity index (χ3n) is 4.34. The maximum absolute atomic E-state index is 13.1. The molecule has 0 fully saturated rings. The van der Waals surface area contributed by atoms with Crippen molar-refractivity contribution < 1.29 is 9.18 Å². The van der Waals surface area contributed by atoms with Gasteiger partial charge in [0.25, 0.3) is 0 Å². The summed E-state index contributed by atoms with van der Waals surface area (Å²) in [7, 11) is 0. The van der Waals surface area contributed by atoms with E-state index in [2.05, 4.69) is 22.4 Å². The van der Waals surface area contributed by atoms with E-state index >= 15 is 0 Å².